The van der Waals surface area contributed by atoms with Crippen LogP contribution in [0.4, 0.5) is 11.4 Å². The molecule has 1 unspecified atom stereocenters. The Morgan fingerprint density at radius 2 is 1.73 bits per heavy atom. The van der Waals surface area contributed by atoms with E-state index >= 15 is 0 Å². The molecule has 0 aromatic heterocycles. The SMILES string of the molecule is CCOC(=O)c1ccc(N2CCC(Oc3ccc(NC(=O)C4CCCCN4C(C)=O)cc3Cl)CC2)cc1. The van der Waals surface area contributed by atoms with Gasteiger partial charge in [-0.25, -0.2) is 4.79 Å². The van der Waals surface area contributed by atoms with Gasteiger partial charge in [0.2, 0.25) is 11.8 Å². The number of halogens is 1. The van der Waals surface area contributed by atoms with E-state index in [1.807, 2.05) is 12.1 Å². The summed E-state index contributed by atoms with van der Waals surface area (Å²) in [6.07, 6.45) is 4.19. The number of esters is 1. The minimum atomic E-state index is -0.451. The van der Waals surface area contributed by atoms with Crippen molar-refractivity contribution in [3.8, 4) is 5.75 Å². The molecule has 2 heterocycles. The summed E-state index contributed by atoms with van der Waals surface area (Å²) in [4.78, 5) is 40.5. The molecule has 2 aromatic rings. The summed E-state index contributed by atoms with van der Waals surface area (Å²) in [5.41, 5.74) is 2.19. The van der Waals surface area contributed by atoms with Gasteiger partial charge in [-0.1, -0.05) is 11.6 Å². The molecule has 9 heteroatoms. The third kappa shape index (κ3) is 6.74. The number of benzene rings is 2. The lowest BCUT2D eigenvalue weighted by molar-refractivity contribution is -0.138. The molecule has 2 aromatic carbocycles. The van der Waals surface area contributed by atoms with Crippen LogP contribution in [0, 0.1) is 0 Å². The first kappa shape index (κ1) is 26.8. The van der Waals surface area contributed by atoms with Crippen molar-refractivity contribution in [1.82, 2.24) is 4.90 Å². The van der Waals surface area contributed by atoms with Crippen molar-refractivity contribution in [1.29, 1.82) is 0 Å². The lowest BCUT2D eigenvalue weighted by atomic mass is 10.0. The minimum absolute atomic E-state index is 0.0272. The highest BCUT2D eigenvalue weighted by atomic mass is 35.5. The Labute approximate surface area is 222 Å². The van der Waals surface area contributed by atoms with Crippen LogP contribution in [0.3, 0.4) is 0 Å². The molecule has 2 aliphatic rings. The molecule has 2 fully saturated rings. The van der Waals surface area contributed by atoms with Crippen LogP contribution < -0.4 is 15.0 Å². The van der Waals surface area contributed by atoms with E-state index in [1.165, 1.54) is 6.92 Å². The first-order chi connectivity index (χ1) is 17.9. The van der Waals surface area contributed by atoms with Crippen molar-refractivity contribution < 1.29 is 23.9 Å². The lowest BCUT2D eigenvalue weighted by Gasteiger charge is -2.34. The highest BCUT2D eigenvalue weighted by Gasteiger charge is 2.30. The maximum Gasteiger partial charge on any atom is 0.338 e. The number of carbonyl (C=O) groups is 3. The molecular weight excluding hydrogens is 494 g/mol. The van der Waals surface area contributed by atoms with Gasteiger partial charge in [0.25, 0.3) is 0 Å². The number of likely N-dealkylation sites (tertiary alicyclic amines) is 1. The molecule has 0 spiro atoms. The smallest absolute Gasteiger partial charge is 0.338 e. The second-order valence-corrected chi connectivity index (χ2v) is 9.84. The van der Waals surface area contributed by atoms with Gasteiger partial charge >= 0.3 is 5.97 Å². The number of carbonyl (C=O) groups excluding carboxylic acids is 3. The number of nitrogens with zero attached hydrogens (tertiary/aromatic N) is 2. The van der Waals surface area contributed by atoms with Gasteiger partial charge in [-0.3, -0.25) is 9.59 Å². The van der Waals surface area contributed by atoms with E-state index in [0.29, 0.717) is 41.6 Å². The Bertz CT molecular complexity index is 1120. The van der Waals surface area contributed by atoms with E-state index in [9.17, 15) is 14.4 Å². The number of hydrogen-bond donors (Lipinski definition) is 1. The van der Waals surface area contributed by atoms with Crippen molar-refractivity contribution in [2.75, 3.05) is 36.5 Å². The normalized spacial score (nSPS) is 18.3. The number of amides is 2. The fourth-order valence-corrected chi connectivity index (χ4v) is 5.14. The van der Waals surface area contributed by atoms with Crippen LogP contribution in [-0.2, 0) is 14.3 Å². The summed E-state index contributed by atoms with van der Waals surface area (Å²) in [6, 6.07) is 12.3. The molecule has 2 amide bonds. The molecule has 8 nitrogen and oxygen atoms in total. The van der Waals surface area contributed by atoms with E-state index < -0.39 is 6.04 Å². The van der Waals surface area contributed by atoms with Crippen molar-refractivity contribution >= 4 is 40.8 Å². The topological polar surface area (TPSA) is 88.2 Å². The average Bonchev–Trinajstić information content (AvgIpc) is 2.91. The number of nitrogens with one attached hydrogen (secondary N) is 1. The second kappa shape index (κ2) is 12.3. The summed E-state index contributed by atoms with van der Waals surface area (Å²) < 4.78 is 11.2. The van der Waals surface area contributed by atoms with Gasteiger partial charge < -0.3 is 24.6 Å². The largest absolute Gasteiger partial charge is 0.489 e. The summed E-state index contributed by atoms with van der Waals surface area (Å²) in [7, 11) is 0. The zero-order valence-corrected chi connectivity index (χ0v) is 22.1. The molecule has 37 heavy (non-hydrogen) atoms. The van der Waals surface area contributed by atoms with E-state index in [1.54, 1.807) is 42.2 Å². The number of hydrogen-bond acceptors (Lipinski definition) is 6. The van der Waals surface area contributed by atoms with Gasteiger partial charge in [-0.2, -0.15) is 0 Å². The lowest BCUT2D eigenvalue weighted by Crippen LogP contribution is -2.49. The molecule has 0 aliphatic carbocycles. The molecule has 0 radical (unpaired) electrons. The maximum atomic E-state index is 12.8. The molecule has 0 saturated carbocycles. The minimum Gasteiger partial charge on any atom is -0.489 e. The fourth-order valence-electron chi connectivity index (χ4n) is 4.91. The molecule has 1 atom stereocenters. The molecule has 0 bridgehead atoms. The zero-order chi connectivity index (χ0) is 26.4. The third-order valence-corrected chi connectivity index (χ3v) is 7.18. The number of piperidine rings is 2. The van der Waals surface area contributed by atoms with Crippen LogP contribution in [-0.4, -0.2) is 61.1 Å². The molecule has 2 aliphatic heterocycles. The maximum absolute atomic E-state index is 12.8. The molecule has 4 rings (SSSR count). The quantitative estimate of drug-likeness (QED) is 0.515. The Balaban J connectivity index is 1.29. The van der Waals surface area contributed by atoms with Gasteiger partial charge in [0.05, 0.1) is 17.2 Å². The fraction of sp³-hybridized carbons (Fsp3) is 0.464. The highest BCUT2D eigenvalue weighted by molar-refractivity contribution is 6.32. The van der Waals surface area contributed by atoms with Crippen LogP contribution in [0.2, 0.25) is 5.02 Å². The average molecular weight is 528 g/mol. The first-order valence-corrected chi connectivity index (χ1v) is 13.3. The molecular formula is C28H34ClN3O5. The van der Waals surface area contributed by atoms with E-state index in [-0.39, 0.29) is 23.9 Å². The van der Waals surface area contributed by atoms with E-state index in [4.69, 9.17) is 21.1 Å². The van der Waals surface area contributed by atoms with E-state index in [2.05, 4.69) is 10.2 Å². The predicted octanol–water partition coefficient (Wildman–Crippen LogP) is 4.90. The number of rotatable bonds is 7. The molecule has 198 valence electrons. The summed E-state index contributed by atoms with van der Waals surface area (Å²) in [5.74, 6) is -0.000705. The highest BCUT2D eigenvalue weighted by Crippen LogP contribution is 2.31. The molecule has 1 N–H and O–H groups in total. The van der Waals surface area contributed by atoms with Crippen LogP contribution >= 0.6 is 11.6 Å². The van der Waals surface area contributed by atoms with Gasteiger partial charge in [0, 0.05) is 50.8 Å². The summed E-state index contributed by atoms with van der Waals surface area (Å²) in [6.45, 7) is 5.90. The van der Waals surface area contributed by atoms with E-state index in [0.717, 1.165) is 44.5 Å². The van der Waals surface area contributed by atoms with Gasteiger partial charge in [0.1, 0.15) is 17.9 Å². The Hall–Kier alpha value is -3.26. The number of anilines is 2. The van der Waals surface area contributed by atoms with Crippen LogP contribution in [0.5, 0.6) is 5.75 Å². The summed E-state index contributed by atoms with van der Waals surface area (Å²) >= 11 is 6.50. The van der Waals surface area contributed by atoms with Crippen molar-refractivity contribution in [3.63, 3.8) is 0 Å². The second-order valence-electron chi connectivity index (χ2n) is 9.43. The van der Waals surface area contributed by atoms with Crippen LogP contribution in [0.25, 0.3) is 0 Å². The van der Waals surface area contributed by atoms with Crippen LogP contribution in [0.15, 0.2) is 42.5 Å². The van der Waals surface area contributed by atoms with Crippen molar-refractivity contribution in [2.24, 2.45) is 0 Å². The van der Waals surface area contributed by atoms with Crippen molar-refractivity contribution in [2.45, 2.75) is 58.1 Å². The Kier molecular flexibility index (Phi) is 8.92. The number of ether oxygens (including phenoxy) is 2. The first-order valence-electron chi connectivity index (χ1n) is 12.9. The van der Waals surface area contributed by atoms with Gasteiger partial charge in [0.15, 0.2) is 0 Å². The van der Waals surface area contributed by atoms with Crippen LogP contribution in [0.1, 0.15) is 56.3 Å². The third-order valence-electron chi connectivity index (χ3n) is 6.89. The predicted molar refractivity (Wildman–Crippen MR) is 143 cm³/mol. The van der Waals surface area contributed by atoms with Gasteiger partial charge in [-0.05, 0) is 68.7 Å². The standard InChI is InChI=1S/C28H34ClN3O5/c1-3-36-28(35)20-7-10-22(11-8-20)31-16-13-23(14-17-31)37-26-12-9-21(18-24(26)29)30-27(34)25-6-4-5-15-32(25)19(2)33/h7-12,18,23,25H,3-6,13-17H2,1-2H3,(H,30,34). The van der Waals surface area contributed by atoms with Gasteiger partial charge in [-0.15, -0.1) is 0 Å². The Morgan fingerprint density at radius 1 is 1.00 bits per heavy atom. The summed E-state index contributed by atoms with van der Waals surface area (Å²) in [5, 5.41) is 3.33. The Morgan fingerprint density at radius 3 is 2.38 bits per heavy atom. The van der Waals surface area contributed by atoms with Crippen molar-refractivity contribution in [3.05, 3.63) is 53.1 Å². The zero-order valence-electron chi connectivity index (χ0n) is 21.4. The monoisotopic (exact) mass is 527 g/mol. The molecule has 2 saturated heterocycles.